The van der Waals surface area contributed by atoms with Crippen molar-refractivity contribution in [2.75, 3.05) is 0 Å². The van der Waals surface area contributed by atoms with Gasteiger partial charge >= 0.3 is 0 Å². The molecule has 2 amide bonds. The van der Waals surface area contributed by atoms with Crippen molar-refractivity contribution in [3.8, 4) is 11.5 Å². The summed E-state index contributed by atoms with van der Waals surface area (Å²) in [5.74, 6) is -1.42. The molecule has 5 rings (SSSR count). The van der Waals surface area contributed by atoms with Gasteiger partial charge in [-0.1, -0.05) is 48.5 Å². The zero-order valence-electron chi connectivity index (χ0n) is 16.2. The van der Waals surface area contributed by atoms with Crippen LogP contribution in [0.15, 0.2) is 60.7 Å². The highest BCUT2D eigenvalue weighted by Gasteiger charge is 2.30. The van der Waals surface area contributed by atoms with E-state index in [-0.39, 0.29) is 34.4 Å². The summed E-state index contributed by atoms with van der Waals surface area (Å²) in [5, 5.41) is 20.6. The molecular weight excluding hydrogens is 380 g/mol. The molecule has 0 aromatic heterocycles. The lowest BCUT2D eigenvalue weighted by Crippen LogP contribution is -2.28. The van der Waals surface area contributed by atoms with Crippen molar-refractivity contribution in [3.05, 3.63) is 94.0 Å². The van der Waals surface area contributed by atoms with E-state index in [0.717, 1.165) is 28.3 Å². The van der Waals surface area contributed by atoms with Crippen LogP contribution in [0, 0.1) is 0 Å². The maximum absolute atomic E-state index is 13.1. The van der Waals surface area contributed by atoms with Crippen LogP contribution in [0.5, 0.6) is 11.5 Å². The van der Waals surface area contributed by atoms with Gasteiger partial charge in [0.2, 0.25) is 0 Å². The number of carbonyl (C=O) groups is 2. The second kappa shape index (κ2) is 6.91. The molecule has 2 aliphatic heterocycles. The SMILES string of the molecule is O=C(c1cc(C(=O)N2Cc3ccccc3C2)c(O)cc1O)N1Cc2ccccc2C1. The number of fused-ring (bicyclic) bond motifs is 2. The minimum absolute atomic E-state index is 0.0145. The van der Waals surface area contributed by atoms with E-state index in [1.54, 1.807) is 9.80 Å². The summed E-state index contributed by atoms with van der Waals surface area (Å²) in [4.78, 5) is 29.4. The van der Waals surface area contributed by atoms with E-state index < -0.39 is 0 Å². The first-order valence-electron chi connectivity index (χ1n) is 9.79. The molecular formula is C24H20N2O4. The molecule has 2 N–H and O–H groups in total. The molecule has 0 fully saturated rings. The number of rotatable bonds is 2. The third-order valence-electron chi connectivity index (χ3n) is 5.83. The fraction of sp³-hybridized carbons (Fsp3) is 0.167. The molecule has 0 radical (unpaired) electrons. The Morgan fingerprint density at radius 3 is 1.27 bits per heavy atom. The summed E-state index contributed by atoms with van der Waals surface area (Å²) in [5.41, 5.74) is 4.29. The summed E-state index contributed by atoms with van der Waals surface area (Å²) in [6, 6.07) is 18.0. The first-order valence-corrected chi connectivity index (χ1v) is 9.79. The van der Waals surface area contributed by atoms with Gasteiger partial charge in [0.1, 0.15) is 11.5 Å². The van der Waals surface area contributed by atoms with Crippen molar-refractivity contribution >= 4 is 11.8 Å². The Bertz CT molecular complexity index is 1050. The molecule has 3 aromatic rings. The molecule has 3 aromatic carbocycles. The molecule has 0 bridgehead atoms. The molecule has 0 spiro atoms. The standard InChI is InChI=1S/C24H20N2O4/c27-21-10-22(28)20(24(30)26-13-17-7-3-4-8-18(17)14-26)9-19(21)23(29)25-11-15-5-1-2-6-16(15)12-25/h1-10,27-28H,11-14H2. The first kappa shape index (κ1) is 18.2. The van der Waals surface area contributed by atoms with Crippen molar-refractivity contribution in [3.63, 3.8) is 0 Å². The van der Waals surface area contributed by atoms with Crippen molar-refractivity contribution in [2.45, 2.75) is 26.2 Å². The lowest BCUT2D eigenvalue weighted by Gasteiger charge is -2.19. The van der Waals surface area contributed by atoms with Crippen LogP contribution in [0.1, 0.15) is 43.0 Å². The van der Waals surface area contributed by atoms with Gasteiger partial charge in [0.05, 0.1) is 11.1 Å². The van der Waals surface area contributed by atoms with Crippen LogP contribution in [-0.4, -0.2) is 31.8 Å². The second-order valence-electron chi connectivity index (χ2n) is 7.75. The maximum atomic E-state index is 13.1. The number of aromatic hydroxyl groups is 2. The highest BCUT2D eigenvalue weighted by Crippen LogP contribution is 2.33. The summed E-state index contributed by atoms with van der Waals surface area (Å²) in [7, 11) is 0. The van der Waals surface area contributed by atoms with Gasteiger partial charge in [-0.05, 0) is 28.3 Å². The molecule has 0 saturated heterocycles. The monoisotopic (exact) mass is 400 g/mol. The minimum atomic E-state index is -0.373. The average Bonchev–Trinajstić information content (AvgIpc) is 3.37. The lowest BCUT2D eigenvalue weighted by atomic mass is 10.1. The van der Waals surface area contributed by atoms with E-state index in [1.807, 2.05) is 48.5 Å². The Hall–Kier alpha value is -3.80. The maximum Gasteiger partial charge on any atom is 0.258 e. The van der Waals surface area contributed by atoms with E-state index in [4.69, 9.17) is 0 Å². The number of phenolic OH excluding ortho intramolecular Hbond substituents is 2. The molecule has 30 heavy (non-hydrogen) atoms. The van der Waals surface area contributed by atoms with Crippen molar-refractivity contribution in [1.82, 2.24) is 9.80 Å². The molecule has 150 valence electrons. The molecule has 2 heterocycles. The Morgan fingerprint density at radius 1 is 0.600 bits per heavy atom. The highest BCUT2D eigenvalue weighted by molar-refractivity contribution is 6.03. The van der Waals surface area contributed by atoms with Crippen molar-refractivity contribution in [2.24, 2.45) is 0 Å². The zero-order chi connectivity index (χ0) is 20.8. The molecule has 6 nitrogen and oxygen atoms in total. The molecule has 6 heteroatoms. The number of hydrogen-bond donors (Lipinski definition) is 2. The lowest BCUT2D eigenvalue weighted by molar-refractivity contribution is 0.0745. The van der Waals surface area contributed by atoms with Gasteiger partial charge in [0, 0.05) is 32.2 Å². The highest BCUT2D eigenvalue weighted by atomic mass is 16.3. The van der Waals surface area contributed by atoms with E-state index in [1.165, 1.54) is 6.07 Å². The van der Waals surface area contributed by atoms with Crippen LogP contribution < -0.4 is 0 Å². The first-order chi connectivity index (χ1) is 14.5. The third kappa shape index (κ3) is 2.97. The topological polar surface area (TPSA) is 81.1 Å². The van der Waals surface area contributed by atoms with Crippen LogP contribution in [0.2, 0.25) is 0 Å². The summed E-state index contributed by atoms with van der Waals surface area (Å²) < 4.78 is 0. The van der Waals surface area contributed by atoms with Gasteiger partial charge in [0.25, 0.3) is 11.8 Å². The van der Waals surface area contributed by atoms with Gasteiger partial charge in [-0.3, -0.25) is 9.59 Å². The van der Waals surface area contributed by atoms with Gasteiger partial charge < -0.3 is 20.0 Å². The largest absolute Gasteiger partial charge is 0.507 e. The Morgan fingerprint density at radius 2 is 0.933 bits per heavy atom. The summed E-state index contributed by atoms with van der Waals surface area (Å²) >= 11 is 0. The molecule has 0 atom stereocenters. The number of carbonyl (C=O) groups excluding carboxylic acids is 2. The quantitative estimate of drug-likeness (QED) is 0.691. The molecule has 0 unspecified atom stereocenters. The number of hydrogen-bond acceptors (Lipinski definition) is 4. The predicted molar refractivity (Wildman–Crippen MR) is 110 cm³/mol. The molecule has 0 saturated carbocycles. The number of nitrogens with zero attached hydrogens (tertiary/aromatic N) is 2. The smallest absolute Gasteiger partial charge is 0.258 e. The van der Waals surface area contributed by atoms with Gasteiger partial charge in [-0.25, -0.2) is 0 Å². The van der Waals surface area contributed by atoms with E-state index in [2.05, 4.69) is 0 Å². The zero-order valence-corrected chi connectivity index (χ0v) is 16.2. The van der Waals surface area contributed by atoms with Crippen molar-refractivity contribution in [1.29, 1.82) is 0 Å². The van der Waals surface area contributed by atoms with Crippen LogP contribution in [0.3, 0.4) is 0 Å². The predicted octanol–water partition coefficient (Wildman–Crippen LogP) is 3.41. The fourth-order valence-corrected chi connectivity index (χ4v) is 4.21. The Kier molecular flexibility index (Phi) is 4.20. The Balaban J connectivity index is 1.42. The number of phenols is 2. The second-order valence-corrected chi connectivity index (χ2v) is 7.75. The van der Waals surface area contributed by atoms with Gasteiger partial charge in [-0.15, -0.1) is 0 Å². The number of amides is 2. The normalized spacial score (nSPS) is 14.5. The van der Waals surface area contributed by atoms with Gasteiger partial charge in [0.15, 0.2) is 0 Å². The van der Waals surface area contributed by atoms with Crippen LogP contribution in [-0.2, 0) is 26.2 Å². The molecule has 2 aliphatic rings. The van der Waals surface area contributed by atoms with Crippen LogP contribution in [0.4, 0.5) is 0 Å². The van der Waals surface area contributed by atoms with Gasteiger partial charge in [-0.2, -0.15) is 0 Å². The molecule has 0 aliphatic carbocycles. The number of benzene rings is 3. The van der Waals surface area contributed by atoms with Crippen molar-refractivity contribution < 1.29 is 19.8 Å². The summed E-state index contributed by atoms with van der Waals surface area (Å²) in [6.07, 6.45) is 0. The van der Waals surface area contributed by atoms with E-state index in [9.17, 15) is 19.8 Å². The fourth-order valence-electron chi connectivity index (χ4n) is 4.21. The third-order valence-corrected chi connectivity index (χ3v) is 5.83. The Labute approximate surface area is 173 Å². The minimum Gasteiger partial charge on any atom is -0.507 e. The van der Waals surface area contributed by atoms with Crippen LogP contribution >= 0.6 is 0 Å². The van der Waals surface area contributed by atoms with E-state index in [0.29, 0.717) is 26.2 Å². The summed E-state index contributed by atoms with van der Waals surface area (Å²) in [6.45, 7) is 1.78. The van der Waals surface area contributed by atoms with Crippen LogP contribution in [0.25, 0.3) is 0 Å². The average molecular weight is 400 g/mol. The van der Waals surface area contributed by atoms with E-state index >= 15 is 0 Å².